The molecule has 1 fully saturated rings. The highest BCUT2D eigenvalue weighted by molar-refractivity contribution is 5.74. The third-order valence-electron chi connectivity index (χ3n) is 5.49. The molecule has 2 atom stereocenters. The second-order valence-electron chi connectivity index (χ2n) is 9.49. The highest BCUT2D eigenvalue weighted by atomic mass is 16.6. The van der Waals surface area contributed by atoms with E-state index in [0.717, 1.165) is 31.0 Å². The maximum atomic E-state index is 12.2. The fourth-order valence-electron chi connectivity index (χ4n) is 3.72. The first-order valence-corrected chi connectivity index (χ1v) is 11.3. The fraction of sp³-hybridized carbons (Fsp3) is 0.667. The summed E-state index contributed by atoms with van der Waals surface area (Å²) in [6.07, 6.45) is 3.32. The average molecular weight is 434 g/mol. The summed E-state index contributed by atoms with van der Waals surface area (Å²) in [7, 11) is 0. The molecule has 7 nitrogen and oxygen atoms in total. The van der Waals surface area contributed by atoms with Crippen LogP contribution in [0.25, 0.3) is 0 Å². The Morgan fingerprint density at radius 1 is 1.16 bits per heavy atom. The summed E-state index contributed by atoms with van der Waals surface area (Å²) in [4.78, 5) is 23.4. The van der Waals surface area contributed by atoms with Crippen LogP contribution in [0.15, 0.2) is 24.3 Å². The molecule has 1 aliphatic rings. The zero-order chi connectivity index (χ0) is 22.9. The molecular weight excluding hydrogens is 394 g/mol. The number of piperidine rings is 1. The van der Waals surface area contributed by atoms with Crippen molar-refractivity contribution < 1.29 is 19.1 Å². The van der Waals surface area contributed by atoms with Gasteiger partial charge in [-0.2, -0.15) is 0 Å². The Morgan fingerprint density at radius 3 is 2.35 bits per heavy atom. The van der Waals surface area contributed by atoms with Crippen LogP contribution < -0.4 is 16.4 Å². The molecule has 0 spiro atoms. The molecular formula is C24H39N3O4. The number of ether oxygens (including phenoxy) is 2. The predicted molar refractivity (Wildman–Crippen MR) is 122 cm³/mol. The molecule has 1 aliphatic heterocycles. The maximum Gasteiger partial charge on any atom is 0.407 e. The van der Waals surface area contributed by atoms with Gasteiger partial charge in [0.05, 0.1) is 18.8 Å². The van der Waals surface area contributed by atoms with Crippen LogP contribution in [-0.4, -0.2) is 42.8 Å². The summed E-state index contributed by atoms with van der Waals surface area (Å²) in [5, 5.41) is 6.23. The molecule has 1 aromatic carbocycles. The van der Waals surface area contributed by atoms with Crippen LogP contribution in [0.5, 0.6) is 0 Å². The van der Waals surface area contributed by atoms with Gasteiger partial charge in [0, 0.05) is 6.42 Å². The van der Waals surface area contributed by atoms with Crippen molar-refractivity contribution in [3.05, 3.63) is 35.4 Å². The van der Waals surface area contributed by atoms with E-state index in [9.17, 15) is 9.59 Å². The number of hydrogen-bond acceptors (Lipinski definition) is 5. The topological polar surface area (TPSA) is 103 Å². The fourth-order valence-corrected chi connectivity index (χ4v) is 3.72. The zero-order valence-electron chi connectivity index (χ0n) is 19.4. The van der Waals surface area contributed by atoms with Gasteiger partial charge in [-0.05, 0) is 83.5 Å². The summed E-state index contributed by atoms with van der Waals surface area (Å²) in [5.74, 6) is 0.348. The Balaban J connectivity index is 1.87. The molecule has 4 N–H and O–H groups in total. The van der Waals surface area contributed by atoms with E-state index in [-0.39, 0.29) is 18.6 Å². The lowest BCUT2D eigenvalue weighted by molar-refractivity contribution is -0.118. The summed E-state index contributed by atoms with van der Waals surface area (Å²) in [5.41, 5.74) is 7.13. The van der Waals surface area contributed by atoms with Crippen LogP contribution in [0.1, 0.15) is 64.5 Å². The first kappa shape index (κ1) is 25.1. The summed E-state index contributed by atoms with van der Waals surface area (Å²) in [6, 6.07) is 8.18. The first-order valence-electron chi connectivity index (χ1n) is 11.3. The Kier molecular flexibility index (Phi) is 9.78. The number of rotatable bonds is 10. The molecule has 1 aromatic rings. The molecule has 2 amide bonds. The Bertz CT molecular complexity index is 694. The molecule has 0 aromatic heterocycles. The molecule has 7 heteroatoms. The third-order valence-corrected chi connectivity index (χ3v) is 5.49. The number of amides is 2. The van der Waals surface area contributed by atoms with Crippen LogP contribution in [-0.2, 0) is 27.3 Å². The van der Waals surface area contributed by atoms with Crippen LogP contribution in [0.4, 0.5) is 4.79 Å². The molecule has 2 rings (SSSR count). The lowest BCUT2D eigenvalue weighted by Crippen LogP contribution is -2.45. The minimum absolute atomic E-state index is 0.166. The van der Waals surface area contributed by atoms with Crippen molar-refractivity contribution in [2.24, 2.45) is 11.7 Å². The number of hydrogen-bond donors (Lipinski definition) is 3. The van der Waals surface area contributed by atoms with Gasteiger partial charge in [-0.3, -0.25) is 4.79 Å². The monoisotopic (exact) mass is 433 g/mol. The number of benzene rings is 1. The van der Waals surface area contributed by atoms with E-state index >= 15 is 0 Å². The second-order valence-corrected chi connectivity index (χ2v) is 9.49. The van der Waals surface area contributed by atoms with Gasteiger partial charge < -0.3 is 25.8 Å². The van der Waals surface area contributed by atoms with Crippen molar-refractivity contribution in [2.75, 3.05) is 13.1 Å². The van der Waals surface area contributed by atoms with Gasteiger partial charge in [-0.25, -0.2) is 4.79 Å². The SMILES string of the molecule is C[C@@H](OCc1ccc(CC2CCNCC2)cc1)[C@H](CCC(N)=O)NC(=O)OC(C)(C)C. The van der Waals surface area contributed by atoms with E-state index in [4.69, 9.17) is 15.2 Å². The molecule has 31 heavy (non-hydrogen) atoms. The van der Waals surface area contributed by atoms with Gasteiger partial charge in [0.2, 0.25) is 5.91 Å². The van der Waals surface area contributed by atoms with Crippen molar-refractivity contribution in [1.29, 1.82) is 0 Å². The normalized spacial score (nSPS) is 17.0. The van der Waals surface area contributed by atoms with E-state index < -0.39 is 17.6 Å². The summed E-state index contributed by atoms with van der Waals surface area (Å²) in [6.45, 7) is 9.96. The van der Waals surface area contributed by atoms with E-state index in [2.05, 4.69) is 34.9 Å². The molecule has 174 valence electrons. The smallest absolute Gasteiger partial charge is 0.407 e. The lowest BCUT2D eigenvalue weighted by Gasteiger charge is -2.27. The summed E-state index contributed by atoms with van der Waals surface area (Å²) < 4.78 is 11.4. The minimum atomic E-state index is -0.599. The molecule has 1 heterocycles. The highest BCUT2D eigenvalue weighted by Gasteiger charge is 2.24. The van der Waals surface area contributed by atoms with Crippen molar-refractivity contribution in [1.82, 2.24) is 10.6 Å². The Morgan fingerprint density at radius 2 is 1.77 bits per heavy atom. The number of nitrogens with two attached hydrogens (primary N) is 1. The van der Waals surface area contributed by atoms with Gasteiger partial charge in [-0.15, -0.1) is 0 Å². The standard InChI is InChI=1S/C24H39N3O4/c1-17(21(9-10-22(25)28)27-23(29)31-24(2,3)4)30-16-20-7-5-18(6-8-20)15-19-11-13-26-14-12-19/h5-8,17,19,21,26H,9-16H2,1-4H3,(H2,25,28)(H,27,29)/t17-,21+/m1/s1. The third kappa shape index (κ3) is 10.2. The Hall–Kier alpha value is -2.12. The lowest BCUT2D eigenvalue weighted by atomic mass is 9.91. The van der Waals surface area contributed by atoms with Gasteiger partial charge in [0.1, 0.15) is 5.60 Å². The highest BCUT2D eigenvalue weighted by Crippen LogP contribution is 2.19. The van der Waals surface area contributed by atoms with Crippen molar-refractivity contribution in [3.8, 4) is 0 Å². The molecule has 0 saturated carbocycles. The van der Waals surface area contributed by atoms with E-state index in [1.165, 1.54) is 18.4 Å². The van der Waals surface area contributed by atoms with Gasteiger partial charge in [-0.1, -0.05) is 24.3 Å². The number of nitrogens with one attached hydrogen (secondary N) is 2. The first-order chi connectivity index (χ1) is 14.6. The Labute approximate surface area is 186 Å². The van der Waals surface area contributed by atoms with E-state index in [1.807, 2.05) is 6.92 Å². The molecule has 0 aliphatic carbocycles. The zero-order valence-corrected chi connectivity index (χ0v) is 19.4. The summed E-state index contributed by atoms with van der Waals surface area (Å²) >= 11 is 0. The molecule has 0 radical (unpaired) electrons. The van der Waals surface area contributed by atoms with Crippen LogP contribution in [0.2, 0.25) is 0 Å². The molecule has 0 bridgehead atoms. The van der Waals surface area contributed by atoms with E-state index in [0.29, 0.717) is 13.0 Å². The maximum absolute atomic E-state index is 12.2. The average Bonchev–Trinajstić information content (AvgIpc) is 2.69. The quantitative estimate of drug-likeness (QED) is 0.525. The van der Waals surface area contributed by atoms with Crippen molar-refractivity contribution in [2.45, 2.75) is 84.2 Å². The number of carbonyl (C=O) groups is 2. The number of carbonyl (C=O) groups excluding carboxylic acids is 2. The van der Waals surface area contributed by atoms with E-state index in [1.54, 1.807) is 20.8 Å². The van der Waals surface area contributed by atoms with Crippen molar-refractivity contribution >= 4 is 12.0 Å². The number of alkyl carbamates (subject to hydrolysis) is 1. The molecule has 1 saturated heterocycles. The van der Waals surface area contributed by atoms with Gasteiger partial charge >= 0.3 is 6.09 Å². The van der Waals surface area contributed by atoms with Crippen LogP contribution in [0, 0.1) is 5.92 Å². The molecule has 0 unspecified atom stereocenters. The van der Waals surface area contributed by atoms with Crippen molar-refractivity contribution in [3.63, 3.8) is 0 Å². The van der Waals surface area contributed by atoms with Gasteiger partial charge in [0.25, 0.3) is 0 Å². The predicted octanol–water partition coefficient (Wildman–Crippen LogP) is 3.29. The number of primary amides is 1. The van der Waals surface area contributed by atoms with Crippen LogP contribution in [0.3, 0.4) is 0 Å². The largest absolute Gasteiger partial charge is 0.444 e. The van der Waals surface area contributed by atoms with Gasteiger partial charge in [0.15, 0.2) is 0 Å². The second kappa shape index (κ2) is 12.1. The minimum Gasteiger partial charge on any atom is -0.444 e. The van der Waals surface area contributed by atoms with Crippen LogP contribution >= 0.6 is 0 Å².